The highest BCUT2D eigenvalue weighted by atomic mass is 79.9. The van der Waals surface area contributed by atoms with Crippen LogP contribution in [0.15, 0.2) is 22.7 Å². The lowest BCUT2D eigenvalue weighted by Gasteiger charge is -2.39. The van der Waals surface area contributed by atoms with Gasteiger partial charge in [-0.1, -0.05) is 6.07 Å². The molecule has 4 nitrogen and oxygen atoms in total. The van der Waals surface area contributed by atoms with Gasteiger partial charge in [0.05, 0.1) is 16.7 Å². The third-order valence-electron chi connectivity index (χ3n) is 3.67. The van der Waals surface area contributed by atoms with E-state index in [2.05, 4.69) is 27.3 Å². The van der Waals surface area contributed by atoms with E-state index in [1.807, 2.05) is 13.8 Å². The summed E-state index contributed by atoms with van der Waals surface area (Å²) in [5, 5.41) is 21.7. The van der Waals surface area contributed by atoms with E-state index in [0.717, 1.165) is 0 Å². The van der Waals surface area contributed by atoms with E-state index < -0.39 is 16.9 Å². The molecule has 2 N–H and O–H groups in total. The smallest absolute Gasteiger partial charge is 0.311 e. The predicted octanol–water partition coefficient (Wildman–Crippen LogP) is 3.62. The first-order valence-corrected chi connectivity index (χ1v) is 6.63. The minimum atomic E-state index is -0.984. The SMILES string of the molecule is CC(C)(Nc1cccc(Br)c1C#N)C(C)(C)C(=O)O. The molecule has 0 saturated heterocycles. The van der Waals surface area contributed by atoms with Crippen molar-refractivity contribution >= 4 is 27.6 Å². The maximum atomic E-state index is 11.4. The number of hydrogen-bond donors (Lipinski definition) is 2. The van der Waals surface area contributed by atoms with Gasteiger partial charge in [-0.3, -0.25) is 4.79 Å². The van der Waals surface area contributed by atoms with Gasteiger partial charge in [-0.05, 0) is 55.8 Å². The van der Waals surface area contributed by atoms with Gasteiger partial charge in [0.15, 0.2) is 0 Å². The van der Waals surface area contributed by atoms with Gasteiger partial charge >= 0.3 is 5.97 Å². The Balaban J connectivity index is 3.20. The number of rotatable bonds is 4. The van der Waals surface area contributed by atoms with Gasteiger partial charge in [-0.15, -0.1) is 0 Å². The van der Waals surface area contributed by atoms with Crippen LogP contribution in [0.4, 0.5) is 5.69 Å². The molecule has 5 heteroatoms. The van der Waals surface area contributed by atoms with Crippen LogP contribution in [0, 0.1) is 16.7 Å². The third kappa shape index (κ3) is 2.90. The summed E-state index contributed by atoms with van der Waals surface area (Å²) in [6.45, 7) is 6.94. The second-order valence-corrected chi connectivity index (χ2v) is 6.31. The average Bonchev–Trinajstić information content (AvgIpc) is 2.28. The number of aliphatic carboxylic acids is 1. The predicted molar refractivity (Wildman–Crippen MR) is 78.0 cm³/mol. The van der Waals surface area contributed by atoms with Gasteiger partial charge in [-0.25, -0.2) is 0 Å². The maximum absolute atomic E-state index is 11.4. The van der Waals surface area contributed by atoms with E-state index >= 15 is 0 Å². The number of benzene rings is 1. The maximum Gasteiger partial charge on any atom is 0.311 e. The van der Waals surface area contributed by atoms with Crippen LogP contribution < -0.4 is 5.32 Å². The zero-order valence-corrected chi connectivity index (χ0v) is 13.0. The summed E-state index contributed by atoms with van der Waals surface area (Å²) in [5.74, 6) is -0.890. The van der Waals surface area contributed by atoms with Crippen LogP contribution in [0.3, 0.4) is 0 Å². The number of nitrogens with zero attached hydrogens (tertiary/aromatic N) is 1. The fraction of sp³-hybridized carbons (Fsp3) is 0.429. The molecule has 0 radical (unpaired) electrons. The summed E-state index contributed by atoms with van der Waals surface area (Å²) in [4.78, 5) is 11.4. The van der Waals surface area contributed by atoms with E-state index in [0.29, 0.717) is 15.7 Å². The van der Waals surface area contributed by atoms with E-state index in [4.69, 9.17) is 0 Å². The summed E-state index contributed by atoms with van der Waals surface area (Å²) in [5.41, 5.74) is -0.610. The second-order valence-electron chi connectivity index (χ2n) is 5.45. The monoisotopic (exact) mass is 324 g/mol. The van der Waals surface area contributed by atoms with Gasteiger partial charge in [0.25, 0.3) is 0 Å². The lowest BCUT2D eigenvalue weighted by molar-refractivity contribution is -0.149. The molecule has 0 heterocycles. The highest BCUT2D eigenvalue weighted by Gasteiger charge is 2.43. The van der Waals surface area contributed by atoms with Gasteiger partial charge in [0.2, 0.25) is 0 Å². The third-order valence-corrected chi connectivity index (χ3v) is 4.33. The Morgan fingerprint density at radius 3 is 2.42 bits per heavy atom. The van der Waals surface area contributed by atoms with Gasteiger partial charge in [-0.2, -0.15) is 5.26 Å². The summed E-state index contributed by atoms with van der Waals surface area (Å²) >= 11 is 3.32. The zero-order valence-electron chi connectivity index (χ0n) is 11.4. The number of carboxylic acid groups (broad SMARTS) is 1. The van der Waals surface area contributed by atoms with Crippen LogP contribution in [0.2, 0.25) is 0 Å². The normalized spacial score (nSPS) is 11.8. The number of carbonyl (C=O) groups is 1. The Labute approximate surface area is 121 Å². The largest absolute Gasteiger partial charge is 0.481 e. The fourth-order valence-electron chi connectivity index (χ4n) is 1.50. The van der Waals surface area contributed by atoms with Crippen molar-refractivity contribution in [2.45, 2.75) is 33.2 Å². The molecule has 0 fully saturated rings. The first kappa shape index (κ1) is 15.5. The Hall–Kier alpha value is -1.54. The van der Waals surface area contributed by atoms with E-state index in [-0.39, 0.29) is 0 Å². The van der Waals surface area contributed by atoms with Crippen molar-refractivity contribution < 1.29 is 9.90 Å². The molecule has 102 valence electrons. The molecule has 1 rings (SSSR count). The number of halogens is 1. The number of carboxylic acids is 1. The molecular weight excluding hydrogens is 308 g/mol. The van der Waals surface area contributed by atoms with Crippen molar-refractivity contribution in [2.24, 2.45) is 5.41 Å². The van der Waals surface area contributed by atoms with Gasteiger partial charge in [0, 0.05) is 10.0 Å². The fourth-order valence-corrected chi connectivity index (χ4v) is 1.96. The number of hydrogen-bond acceptors (Lipinski definition) is 3. The minimum absolute atomic E-state index is 0.469. The van der Waals surface area contributed by atoms with E-state index in [1.165, 1.54) is 0 Å². The van der Waals surface area contributed by atoms with Crippen molar-refractivity contribution in [3.63, 3.8) is 0 Å². The van der Waals surface area contributed by atoms with Crippen molar-refractivity contribution in [3.8, 4) is 6.07 Å². The van der Waals surface area contributed by atoms with Crippen LogP contribution >= 0.6 is 15.9 Å². The second kappa shape index (κ2) is 5.22. The van der Waals surface area contributed by atoms with Gasteiger partial charge < -0.3 is 10.4 Å². The highest BCUT2D eigenvalue weighted by molar-refractivity contribution is 9.10. The topological polar surface area (TPSA) is 73.1 Å². The molecule has 0 aliphatic heterocycles. The molecule has 0 saturated carbocycles. The van der Waals surface area contributed by atoms with Crippen LogP contribution in [-0.2, 0) is 4.79 Å². The van der Waals surface area contributed by atoms with E-state index in [9.17, 15) is 15.2 Å². The molecule has 0 atom stereocenters. The Kier molecular flexibility index (Phi) is 4.26. The Morgan fingerprint density at radius 1 is 1.37 bits per heavy atom. The van der Waals surface area contributed by atoms with Crippen LogP contribution in [0.25, 0.3) is 0 Å². The molecule has 1 aromatic carbocycles. The molecule has 0 bridgehead atoms. The standard InChI is InChI=1S/C14H17BrN2O2/c1-13(2,12(18)19)14(3,4)17-11-7-5-6-10(15)9(11)8-16/h5-7,17H,1-4H3,(H,18,19). The van der Waals surface area contributed by atoms with Crippen molar-refractivity contribution in [3.05, 3.63) is 28.2 Å². The molecular formula is C14H17BrN2O2. The number of nitrogens with one attached hydrogen (secondary N) is 1. The Bertz CT molecular complexity index is 545. The van der Waals surface area contributed by atoms with Crippen LogP contribution in [0.5, 0.6) is 0 Å². The molecule has 0 amide bonds. The summed E-state index contributed by atoms with van der Waals surface area (Å²) < 4.78 is 0.684. The van der Waals surface area contributed by atoms with Crippen molar-refractivity contribution in [1.29, 1.82) is 5.26 Å². The summed E-state index contributed by atoms with van der Waals surface area (Å²) in [6, 6.07) is 7.46. The summed E-state index contributed by atoms with van der Waals surface area (Å²) in [7, 11) is 0. The molecule has 0 unspecified atom stereocenters. The Morgan fingerprint density at radius 2 is 1.95 bits per heavy atom. The van der Waals surface area contributed by atoms with Gasteiger partial charge in [0.1, 0.15) is 6.07 Å². The molecule has 0 aliphatic rings. The molecule has 1 aromatic rings. The quantitative estimate of drug-likeness (QED) is 0.887. The molecule has 0 aliphatic carbocycles. The minimum Gasteiger partial charge on any atom is -0.481 e. The molecule has 0 aromatic heterocycles. The lowest BCUT2D eigenvalue weighted by atomic mass is 9.74. The first-order chi connectivity index (χ1) is 8.63. The van der Waals surface area contributed by atoms with Crippen molar-refractivity contribution in [2.75, 3.05) is 5.32 Å². The number of nitriles is 1. The molecule has 19 heavy (non-hydrogen) atoms. The van der Waals surface area contributed by atoms with Crippen LogP contribution in [-0.4, -0.2) is 16.6 Å². The zero-order chi connectivity index (χ0) is 14.8. The molecule has 0 spiro atoms. The first-order valence-electron chi connectivity index (χ1n) is 5.83. The highest BCUT2D eigenvalue weighted by Crippen LogP contribution is 2.35. The van der Waals surface area contributed by atoms with Crippen LogP contribution in [0.1, 0.15) is 33.3 Å². The lowest BCUT2D eigenvalue weighted by Crippen LogP contribution is -2.50. The average molecular weight is 325 g/mol. The van der Waals surface area contributed by atoms with E-state index in [1.54, 1.807) is 32.0 Å². The number of anilines is 1. The van der Waals surface area contributed by atoms with Crippen molar-refractivity contribution in [1.82, 2.24) is 0 Å². The summed E-state index contributed by atoms with van der Waals surface area (Å²) in [6.07, 6.45) is 0.